The maximum atomic E-state index is 11.3. The van der Waals surface area contributed by atoms with E-state index in [0.717, 1.165) is 19.5 Å². The molecule has 0 aromatic heterocycles. The van der Waals surface area contributed by atoms with Gasteiger partial charge in [0.05, 0.1) is 5.92 Å². The molecule has 5 nitrogen and oxygen atoms in total. The molecule has 3 N–H and O–H groups in total. The zero-order chi connectivity index (χ0) is 13.8. The fourth-order valence-corrected chi connectivity index (χ4v) is 3.31. The van der Waals surface area contributed by atoms with Gasteiger partial charge in [0.25, 0.3) is 0 Å². The predicted octanol–water partition coefficient (Wildman–Crippen LogP) is 0.532. The largest absolute Gasteiger partial charge is 0.481 e. The van der Waals surface area contributed by atoms with E-state index in [1.165, 1.54) is 12.8 Å². The molecule has 0 aromatic carbocycles. The van der Waals surface area contributed by atoms with Crippen LogP contribution < -0.4 is 5.32 Å². The third-order valence-corrected chi connectivity index (χ3v) is 4.64. The van der Waals surface area contributed by atoms with Crippen LogP contribution in [0.4, 0.5) is 0 Å². The van der Waals surface area contributed by atoms with Gasteiger partial charge < -0.3 is 15.5 Å². The Morgan fingerprint density at radius 1 is 1.37 bits per heavy atom. The van der Waals surface area contributed by atoms with Gasteiger partial charge in [0.15, 0.2) is 0 Å². The molecule has 1 saturated heterocycles. The smallest absolute Gasteiger partial charge is 0.307 e. The third-order valence-electron chi connectivity index (χ3n) is 4.64. The molecule has 19 heavy (non-hydrogen) atoms. The molecular formula is C14H26N2O3. The molecule has 1 saturated carbocycles. The minimum atomic E-state index is -0.675. The Morgan fingerprint density at radius 2 is 2.16 bits per heavy atom. The summed E-state index contributed by atoms with van der Waals surface area (Å²) in [4.78, 5) is 13.7. The van der Waals surface area contributed by atoms with Crippen molar-refractivity contribution in [2.45, 2.75) is 44.7 Å². The maximum absolute atomic E-state index is 11.3. The van der Waals surface area contributed by atoms with Gasteiger partial charge in [0.1, 0.15) is 0 Å². The molecule has 0 bridgehead atoms. The van der Waals surface area contributed by atoms with Crippen molar-refractivity contribution in [2.75, 3.05) is 26.2 Å². The molecule has 0 amide bonds. The Bertz CT molecular complexity index is 311. The van der Waals surface area contributed by atoms with Crippen molar-refractivity contribution in [3.05, 3.63) is 0 Å². The van der Waals surface area contributed by atoms with Crippen molar-refractivity contribution in [1.29, 1.82) is 0 Å². The van der Waals surface area contributed by atoms with Crippen LogP contribution in [0.15, 0.2) is 0 Å². The Morgan fingerprint density at radius 3 is 2.68 bits per heavy atom. The van der Waals surface area contributed by atoms with Crippen LogP contribution in [0.5, 0.6) is 0 Å². The zero-order valence-electron chi connectivity index (χ0n) is 11.7. The van der Waals surface area contributed by atoms with Crippen molar-refractivity contribution in [3.8, 4) is 0 Å². The standard InChI is InChI=1S/C14H26N2O3/c1-10-3-4-13(10)16-8-11(14(18)19)7-12(9-16)15-5-2-6-17/h10-13,15,17H,2-9H2,1H3,(H,18,19). The van der Waals surface area contributed by atoms with Crippen LogP contribution in [0.3, 0.4) is 0 Å². The van der Waals surface area contributed by atoms with Gasteiger partial charge in [-0.05, 0) is 38.1 Å². The Labute approximate surface area is 115 Å². The van der Waals surface area contributed by atoms with Crippen molar-refractivity contribution >= 4 is 5.97 Å². The number of carboxylic acid groups (broad SMARTS) is 1. The summed E-state index contributed by atoms with van der Waals surface area (Å²) >= 11 is 0. The van der Waals surface area contributed by atoms with Crippen molar-refractivity contribution in [1.82, 2.24) is 10.2 Å². The van der Waals surface area contributed by atoms with Gasteiger partial charge in [0, 0.05) is 31.8 Å². The summed E-state index contributed by atoms with van der Waals surface area (Å²) in [6.45, 7) is 4.85. The molecule has 2 fully saturated rings. The molecule has 110 valence electrons. The summed E-state index contributed by atoms with van der Waals surface area (Å²) in [5, 5.41) is 21.5. The Hall–Kier alpha value is -0.650. The predicted molar refractivity (Wildman–Crippen MR) is 73.0 cm³/mol. The highest BCUT2D eigenvalue weighted by atomic mass is 16.4. The molecule has 1 aliphatic heterocycles. The van der Waals surface area contributed by atoms with E-state index in [-0.39, 0.29) is 18.6 Å². The number of carbonyl (C=O) groups is 1. The minimum Gasteiger partial charge on any atom is -0.481 e. The number of aliphatic carboxylic acids is 1. The first-order valence-electron chi connectivity index (χ1n) is 7.43. The normalized spacial score (nSPS) is 35.9. The molecule has 0 spiro atoms. The third kappa shape index (κ3) is 3.68. The van der Waals surface area contributed by atoms with E-state index < -0.39 is 5.97 Å². The molecular weight excluding hydrogens is 244 g/mol. The SMILES string of the molecule is CC1CCC1N1CC(NCCCO)CC(C(=O)O)C1. The van der Waals surface area contributed by atoms with Gasteiger partial charge in [-0.1, -0.05) is 6.92 Å². The van der Waals surface area contributed by atoms with Crippen LogP contribution in [0.25, 0.3) is 0 Å². The maximum Gasteiger partial charge on any atom is 0.307 e. The first-order valence-corrected chi connectivity index (χ1v) is 7.43. The lowest BCUT2D eigenvalue weighted by atomic mass is 9.78. The molecule has 0 aromatic rings. The monoisotopic (exact) mass is 270 g/mol. The molecule has 1 aliphatic carbocycles. The van der Waals surface area contributed by atoms with E-state index in [1.54, 1.807) is 0 Å². The summed E-state index contributed by atoms with van der Waals surface area (Å²) in [5.74, 6) is -0.232. The average molecular weight is 270 g/mol. The van der Waals surface area contributed by atoms with E-state index in [2.05, 4.69) is 17.1 Å². The number of likely N-dealkylation sites (tertiary alicyclic amines) is 1. The summed E-state index contributed by atoms with van der Waals surface area (Å²) in [6, 6.07) is 0.818. The topological polar surface area (TPSA) is 72.8 Å². The molecule has 5 heteroatoms. The second-order valence-corrected chi connectivity index (χ2v) is 6.07. The average Bonchev–Trinajstić information content (AvgIpc) is 2.37. The lowest BCUT2D eigenvalue weighted by Crippen LogP contribution is -2.57. The van der Waals surface area contributed by atoms with E-state index >= 15 is 0 Å². The summed E-state index contributed by atoms with van der Waals surface area (Å²) < 4.78 is 0. The Balaban J connectivity index is 1.90. The number of hydrogen-bond donors (Lipinski definition) is 3. The summed E-state index contributed by atoms with van der Waals surface area (Å²) in [6.07, 6.45) is 3.91. The van der Waals surface area contributed by atoms with E-state index in [1.807, 2.05) is 0 Å². The van der Waals surface area contributed by atoms with Gasteiger partial charge >= 0.3 is 5.97 Å². The number of hydrogen-bond acceptors (Lipinski definition) is 4. The number of rotatable bonds is 6. The number of carboxylic acids is 1. The summed E-state index contributed by atoms with van der Waals surface area (Å²) in [7, 11) is 0. The number of nitrogens with one attached hydrogen (secondary N) is 1. The van der Waals surface area contributed by atoms with E-state index in [9.17, 15) is 9.90 Å². The fourth-order valence-electron chi connectivity index (χ4n) is 3.31. The van der Waals surface area contributed by atoms with Crippen LogP contribution in [-0.2, 0) is 4.79 Å². The molecule has 4 atom stereocenters. The van der Waals surface area contributed by atoms with Gasteiger partial charge in [-0.3, -0.25) is 9.69 Å². The van der Waals surface area contributed by atoms with Crippen molar-refractivity contribution in [2.24, 2.45) is 11.8 Å². The molecule has 0 radical (unpaired) electrons. The van der Waals surface area contributed by atoms with Crippen LogP contribution in [0.2, 0.25) is 0 Å². The second-order valence-electron chi connectivity index (χ2n) is 6.07. The number of piperidine rings is 1. The quantitative estimate of drug-likeness (QED) is 0.614. The number of aliphatic hydroxyl groups excluding tert-OH is 1. The van der Waals surface area contributed by atoms with Gasteiger partial charge in [0.2, 0.25) is 0 Å². The first-order chi connectivity index (χ1) is 9.11. The number of aliphatic hydroxyl groups is 1. The van der Waals surface area contributed by atoms with Crippen molar-refractivity contribution in [3.63, 3.8) is 0 Å². The lowest BCUT2D eigenvalue weighted by molar-refractivity contribution is -0.145. The van der Waals surface area contributed by atoms with Crippen molar-refractivity contribution < 1.29 is 15.0 Å². The van der Waals surface area contributed by atoms with Gasteiger partial charge in [-0.2, -0.15) is 0 Å². The minimum absolute atomic E-state index is 0.186. The highest BCUT2D eigenvalue weighted by Crippen LogP contribution is 2.34. The first kappa shape index (κ1) is 14.8. The fraction of sp³-hybridized carbons (Fsp3) is 0.929. The number of nitrogens with zero attached hydrogens (tertiary/aromatic N) is 1. The van der Waals surface area contributed by atoms with Gasteiger partial charge in [-0.15, -0.1) is 0 Å². The molecule has 2 rings (SSSR count). The molecule has 4 unspecified atom stereocenters. The highest BCUT2D eigenvalue weighted by molar-refractivity contribution is 5.70. The summed E-state index contributed by atoms with van der Waals surface area (Å²) in [5.41, 5.74) is 0. The van der Waals surface area contributed by atoms with E-state index in [4.69, 9.17) is 5.11 Å². The lowest BCUT2D eigenvalue weighted by Gasteiger charge is -2.47. The Kier molecular flexibility index (Phi) is 5.19. The van der Waals surface area contributed by atoms with Crippen LogP contribution in [-0.4, -0.2) is 59.4 Å². The highest BCUT2D eigenvalue weighted by Gasteiger charge is 2.39. The van der Waals surface area contributed by atoms with Crippen LogP contribution in [0.1, 0.15) is 32.6 Å². The van der Waals surface area contributed by atoms with Gasteiger partial charge in [-0.25, -0.2) is 0 Å². The van der Waals surface area contributed by atoms with Crippen LogP contribution in [0, 0.1) is 11.8 Å². The van der Waals surface area contributed by atoms with Crippen LogP contribution >= 0.6 is 0 Å². The molecule has 2 aliphatic rings. The zero-order valence-corrected chi connectivity index (χ0v) is 11.7. The molecule has 1 heterocycles. The second kappa shape index (κ2) is 6.68. The van der Waals surface area contributed by atoms with E-state index in [0.29, 0.717) is 24.9 Å².